The zero-order valence-corrected chi connectivity index (χ0v) is 19.5. The molecule has 9 nitrogen and oxygen atoms in total. The predicted octanol–water partition coefficient (Wildman–Crippen LogP) is 3.22. The molecule has 0 spiro atoms. The van der Waals surface area contributed by atoms with Crippen LogP contribution in [0.25, 0.3) is 0 Å². The summed E-state index contributed by atoms with van der Waals surface area (Å²) < 4.78 is 6.78. The van der Waals surface area contributed by atoms with Gasteiger partial charge < -0.3 is 15.0 Å². The van der Waals surface area contributed by atoms with Crippen molar-refractivity contribution in [3.8, 4) is 5.88 Å². The van der Waals surface area contributed by atoms with Gasteiger partial charge in [-0.2, -0.15) is 5.10 Å². The number of rotatable bonds is 7. The lowest BCUT2D eigenvalue weighted by Crippen LogP contribution is -2.43. The molecule has 1 saturated heterocycles. The molecular formula is C21H27N6O3P. The van der Waals surface area contributed by atoms with E-state index in [1.54, 1.807) is 49.8 Å². The molecule has 0 bridgehead atoms. The zero-order valence-electron chi connectivity index (χ0n) is 18.3. The van der Waals surface area contributed by atoms with Gasteiger partial charge in [-0.25, -0.2) is 14.7 Å². The Kier molecular flexibility index (Phi) is 6.27. The number of amides is 3. The summed E-state index contributed by atoms with van der Waals surface area (Å²) in [6.07, 6.45) is 3.14. The van der Waals surface area contributed by atoms with E-state index >= 15 is 0 Å². The molecule has 0 aromatic carbocycles. The normalized spacial score (nSPS) is 16.6. The van der Waals surface area contributed by atoms with Crippen LogP contribution in [-0.2, 0) is 17.9 Å². The number of carbonyl (C=O) groups excluding carboxylic acids is 2. The van der Waals surface area contributed by atoms with E-state index in [9.17, 15) is 9.59 Å². The van der Waals surface area contributed by atoms with Gasteiger partial charge in [-0.1, -0.05) is 6.07 Å². The van der Waals surface area contributed by atoms with Crippen LogP contribution in [0.1, 0.15) is 33.4 Å². The summed E-state index contributed by atoms with van der Waals surface area (Å²) in [6, 6.07) is 4.88. The molecule has 0 saturated carbocycles. The molecule has 3 heterocycles. The van der Waals surface area contributed by atoms with Gasteiger partial charge in [0.25, 0.3) is 5.91 Å². The Balaban J connectivity index is 1.87. The molecule has 1 aliphatic heterocycles. The minimum absolute atomic E-state index is 0.172. The van der Waals surface area contributed by atoms with Crippen molar-refractivity contribution in [2.45, 2.75) is 46.3 Å². The maximum Gasteiger partial charge on any atom is 0.332 e. The van der Waals surface area contributed by atoms with Gasteiger partial charge in [0.1, 0.15) is 5.54 Å². The van der Waals surface area contributed by atoms with E-state index in [1.165, 1.54) is 18.2 Å². The zero-order chi connectivity index (χ0) is 22.9. The number of aromatic nitrogens is 3. The Morgan fingerprint density at radius 1 is 1.26 bits per heavy atom. The second kappa shape index (κ2) is 8.59. The third-order valence-corrected chi connectivity index (χ3v) is 5.61. The number of hydrogen-bond acceptors (Lipinski definition) is 6. The smallest absolute Gasteiger partial charge is 0.332 e. The van der Waals surface area contributed by atoms with Crippen LogP contribution in [0.3, 0.4) is 0 Å². The largest absolute Gasteiger partial charge is 0.481 e. The highest BCUT2D eigenvalue weighted by Gasteiger charge is 2.52. The lowest BCUT2D eigenvalue weighted by atomic mass is 10.0. The van der Waals surface area contributed by atoms with Gasteiger partial charge in [0, 0.05) is 18.0 Å². The molecule has 1 fully saturated rings. The fourth-order valence-corrected chi connectivity index (χ4v) is 3.71. The SMILES string of the molecule is COc1cccc(CN2C(=O)N(c3cnn(CC(C(C)=N)=C(C)P)c3)C(=O)C2(C)C)n1. The van der Waals surface area contributed by atoms with Crippen LogP contribution in [-0.4, -0.2) is 50.0 Å². The Morgan fingerprint density at radius 3 is 2.58 bits per heavy atom. The second-order valence-corrected chi connectivity index (χ2v) is 8.79. The van der Waals surface area contributed by atoms with Gasteiger partial charge in [-0.15, -0.1) is 9.24 Å². The summed E-state index contributed by atoms with van der Waals surface area (Å²) in [5.41, 5.74) is 1.24. The van der Waals surface area contributed by atoms with Crippen molar-refractivity contribution >= 4 is 32.6 Å². The van der Waals surface area contributed by atoms with E-state index in [0.29, 0.717) is 29.5 Å². The number of methoxy groups -OCH3 is 1. The number of ether oxygens (including phenoxy) is 1. The average Bonchev–Trinajstić information content (AvgIpc) is 3.23. The molecule has 1 N–H and O–H groups in total. The first-order valence-corrected chi connectivity index (χ1v) is 10.3. The fourth-order valence-electron chi connectivity index (χ4n) is 3.41. The Bertz CT molecular complexity index is 1070. The first-order chi connectivity index (χ1) is 14.6. The van der Waals surface area contributed by atoms with Crippen LogP contribution in [0, 0.1) is 5.41 Å². The summed E-state index contributed by atoms with van der Waals surface area (Å²) in [5.74, 6) is 0.113. The molecule has 164 valence electrons. The Labute approximate surface area is 183 Å². The van der Waals surface area contributed by atoms with Gasteiger partial charge in [-0.05, 0) is 44.6 Å². The number of anilines is 1. The Morgan fingerprint density at radius 2 is 1.97 bits per heavy atom. The van der Waals surface area contributed by atoms with Crippen LogP contribution in [0.2, 0.25) is 0 Å². The van der Waals surface area contributed by atoms with Crippen molar-refractivity contribution < 1.29 is 14.3 Å². The van der Waals surface area contributed by atoms with E-state index < -0.39 is 11.6 Å². The van der Waals surface area contributed by atoms with Gasteiger partial charge >= 0.3 is 6.03 Å². The molecule has 2 aromatic rings. The topological polar surface area (TPSA) is 104 Å². The number of imide groups is 1. The molecule has 10 heteroatoms. The molecule has 3 amide bonds. The van der Waals surface area contributed by atoms with Crippen LogP contribution in [0.4, 0.5) is 10.5 Å². The molecule has 3 rings (SSSR count). The number of allylic oxidation sites excluding steroid dienone is 2. The highest BCUT2D eigenvalue weighted by molar-refractivity contribution is 7.22. The average molecular weight is 442 g/mol. The fraction of sp³-hybridized carbons (Fsp3) is 0.381. The van der Waals surface area contributed by atoms with Crippen LogP contribution < -0.4 is 9.64 Å². The van der Waals surface area contributed by atoms with Crippen molar-refractivity contribution in [2.24, 2.45) is 0 Å². The van der Waals surface area contributed by atoms with E-state index in [0.717, 1.165) is 15.8 Å². The molecule has 1 unspecified atom stereocenters. The third kappa shape index (κ3) is 4.37. The maximum absolute atomic E-state index is 13.2. The number of hydrogen-bond donors (Lipinski definition) is 1. The predicted molar refractivity (Wildman–Crippen MR) is 121 cm³/mol. The minimum atomic E-state index is -1.04. The van der Waals surface area contributed by atoms with E-state index in [1.807, 2.05) is 6.92 Å². The number of nitrogens with one attached hydrogen (secondary N) is 1. The molecule has 2 aromatic heterocycles. The van der Waals surface area contributed by atoms with Gasteiger partial charge in [-0.3, -0.25) is 9.48 Å². The van der Waals surface area contributed by atoms with Crippen molar-refractivity contribution in [1.29, 1.82) is 5.41 Å². The van der Waals surface area contributed by atoms with Crippen molar-refractivity contribution in [2.75, 3.05) is 12.0 Å². The van der Waals surface area contributed by atoms with Crippen molar-refractivity contribution in [3.63, 3.8) is 0 Å². The summed E-state index contributed by atoms with van der Waals surface area (Å²) in [4.78, 5) is 33.4. The van der Waals surface area contributed by atoms with Gasteiger partial charge in [0.05, 0.1) is 37.8 Å². The highest BCUT2D eigenvalue weighted by Crippen LogP contribution is 2.33. The first-order valence-electron chi connectivity index (χ1n) is 9.75. The van der Waals surface area contributed by atoms with Crippen LogP contribution in [0.15, 0.2) is 41.5 Å². The Hall–Kier alpha value is -3.06. The molecule has 1 aliphatic rings. The molecule has 1 atom stereocenters. The number of pyridine rings is 1. The van der Waals surface area contributed by atoms with Gasteiger partial charge in [0.2, 0.25) is 5.88 Å². The van der Waals surface area contributed by atoms with E-state index in [4.69, 9.17) is 10.1 Å². The lowest BCUT2D eigenvalue weighted by Gasteiger charge is -2.27. The highest BCUT2D eigenvalue weighted by atomic mass is 31.0. The lowest BCUT2D eigenvalue weighted by molar-refractivity contribution is -0.123. The summed E-state index contributed by atoms with van der Waals surface area (Å²) in [5, 5.41) is 13.2. The summed E-state index contributed by atoms with van der Waals surface area (Å²) >= 11 is 0. The number of urea groups is 1. The molecule has 0 radical (unpaired) electrons. The van der Waals surface area contributed by atoms with Crippen LogP contribution >= 0.6 is 9.24 Å². The standard InChI is InChI=1S/C21H27N6O3P/c1-13(22)17(14(2)31)12-25-11-16(9-23-25)27-19(28)21(3,4)26(20(27)29)10-15-7-6-8-18(24-15)30-5/h6-9,11,22H,10,12,31H2,1-5H3. The first kappa shape index (κ1) is 22.6. The number of carbonyl (C=O) groups is 2. The minimum Gasteiger partial charge on any atom is -0.481 e. The monoisotopic (exact) mass is 442 g/mol. The van der Waals surface area contributed by atoms with E-state index in [2.05, 4.69) is 19.3 Å². The maximum atomic E-state index is 13.2. The molecule has 31 heavy (non-hydrogen) atoms. The third-order valence-electron chi connectivity index (χ3n) is 5.26. The second-order valence-electron chi connectivity index (χ2n) is 7.92. The van der Waals surface area contributed by atoms with Crippen molar-refractivity contribution in [1.82, 2.24) is 19.7 Å². The van der Waals surface area contributed by atoms with E-state index in [-0.39, 0.29) is 12.5 Å². The quantitative estimate of drug-likeness (QED) is 0.403. The molecule has 0 aliphatic carbocycles. The number of nitrogens with zero attached hydrogens (tertiary/aromatic N) is 5. The molecular weight excluding hydrogens is 415 g/mol. The van der Waals surface area contributed by atoms with Crippen molar-refractivity contribution in [3.05, 3.63) is 47.2 Å². The van der Waals surface area contributed by atoms with Crippen LogP contribution in [0.5, 0.6) is 5.88 Å². The summed E-state index contributed by atoms with van der Waals surface area (Å²) in [6.45, 7) is 7.60. The van der Waals surface area contributed by atoms with Gasteiger partial charge in [0.15, 0.2) is 0 Å². The summed E-state index contributed by atoms with van der Waals surface area (Å²) in [7, 11) is 4.12.